The highest BCUT2D eigenvalue weighted by Gasteiger charge is 2.19. The molecule has 1 amide bonds. The van der Waals surface area contributed by atoms with Gasteiger partial charge in [0.15, 0.2) is 0 Å². The number of fused-ring (bicyclic) bond motifs is 1. The molecule has 23 heavy (non-hydrogen) atoms. The van der Waals surface area contributed by atoms with E-state index in [0.29, 0.717) is 16.3 Å². The highest BCUT2D eigenvalue weighted by Crippen LogP contribution is 2.28. The average Bonchev–Trinajstić information content (AvgIpc) is 2.53. The Bertz CT molecular complexity index is 707. The van der Waals surface area contributed by atoms with Crippen molar-refractivity contribution >= 4 is 22.6 Å². The Morgan fingerprint density at radius 2 is 1.78 bits per heavy atom. The maximum absolute atomic E-state index is 12.3. The van der Waals surface area contributed by atoms with Crippen LogP contribution in [-0.4, -0.2) is 30.1 Å². The van der Waals surface area contributed by atoms with Crippen LogP contribution in [0.1, 0.15) is 48.4 Å². The number of phenolic OH excluding ortho intramolecular Hbond substituents is 1. The summed E-state index contributed by atoms with van der Waals surface area (Å²) in [6.45, 7) is 7.71. The highest BCUT2D eigenvalue weighted by molar-refractivity contribution is 6.15. The normalized spacial score (nSPS) is 10.0. The molecule has 0 aliphatic rings. The third kappa shape index (κ3) is 4.22. The van der Waals surface area contributed by atoms with Crippen LogP contribution in [0.4, 0.5) is 0 Å². The van der Waals surface area contributed by atoms with E-state index in [2.05, 4.69) is 5.32 Å². The Kier molecular flexibility index (Phi) is 6.57. The molecule has 0 saturated heterocycles. The van der Waals surface area contributed by atoms with Crippen molar-refractivity contribution in [1.82, 2.24) is 5.32 Å². The molecule has 124 valence electrons. The summed E-state index contributed by atoms with van der Waals surface area (Å²) in [5, 5.41) is 13.6. The molecule has 0 fully saturated rings. The lowest BCUT2D eigenvalue weighted by atomic mass is 9.98. The van der Waals surface area contributed by atoms with E-state index in [1.54, 1.807) is 18.2 Å². The van der Waals surface area contributed by atoms with Crippen molar-refractivity contribution in [3.05, 3.63) is 41.5 Å². The molecule has 0 heterocycles. The zero-order chi connectivity index (χ0) is 17.6. The number of carbonyl (C=O) groups excluding carboxylic acids is 2. The summed E-state index contributed by atoms with van der Waals surface area (Å²) < 4.78 is 4.73. The van der Waals surface area contributed by atoms with E-state index in [-0.39, 0.29) is 23.3 Å². The number of esters is 1. The Morgan fingerprint density at radius 3 is 2.35 bits per heavy atom. The Labute approximate surface area is 136 Å². The van der Waals surface area contributed by atoms with Crippen molar-refractivity contribution in [2.45, 2.75) is 33.7 Å². The van der Waals surface area contributed by atoms with E-state index in [4.69, 9.17) is 4.74 Å². The van der Waals surface area contributed by atoms with E-state index >= 15 is 0 Å². The second kappa shape index (κ2) is 8.17. The summed E-state index contributed by atoms with van der Waals surface area (Å²) in [6.07, 6.45) is 0. The van der Waals surface area contributed by atoms with Gasteiger partial charge in [-0.15, -0.1) is 0 Å². The molecule has 0 aliphatic carbocycles. The third-order valence-electron chi connectivity index (χ3n) is 3.03. The van der Waals surface area contributed by atoms with Gasteiger partial charge < -0.3 is 15.2 Å². The number of rotatable bonds is 3. The minimum absolute atomic E-state index is 0.0218. The number of nitrogens with one attached hydrogen (secondary N) is 1. The SMILES string of the molecule is CC.COC(=O)c1cc(O)cc2cccc(C(=O)NC(C)C)c12. The summed E-state index contributed by atoms with van der Waals surface area (Å²) >= 11 is 0. The lowest BCUT2D eigenvalue weighted by Crippen LogP contribution is -2.30. The van der Waals surface area contributed by atoms with Crippen LogP contribution in [0.2, 0.25) is 0 Å². The number of methoxy groups -OCH3 is 1. The molecule has 2 aromatic rings. The average molecular weight is 317 g/mol. The molecule has 0 spiro atoms. The van der Waals surface area contributed by atoms with Crippen LogP contribution in [0.15, 0.2) is 30.3 Å². The van der Waals surface area contributed by atoms with Crippen molar-refractivity contribution < 1.29 is 19.4 Å². The Morgan fingerprint density at radius 1 is 1.13 bits per heavy atom. The van der Waals surface area contributed by atoms with E-state index in [0.717, 1.165) is 0 Å². The predicted octanol–water partition coefficient (Wildman–Crippen LogP) is 3.50. The molecule has 0 atom stereocenters. The van der Waals surface area contributed by atoms with Gasteiger partial charge in [-0.05, 0) is 37.4 Å². The fraction of sp³-hybridized carbons (Fsp3) is 0.333. The standard InChI is InChI=1S/C16H17NO4.C2H6/c1-9(2)17-15(19)12-6-4-5-10-7-11(18)8-13(14(10)12)16(20)21-3;1-2/h4-9,18H,1-3H3,(H,17,19);1-2H3. The molecule has 2 aromatic carbocycles. The summed E-state index contributed by atoms with van der Waals surface area (Å²) in [5.41, 5.74) is 0.545. The summed E-state index contributed by atoms with van der Waals surface area (Å²) in [6, 6.07) is 7.87. The Balaban J connectivity index is 0.00000127. The summed E-state index contributed by atoms with van der Waals surface area (Å²) in [7, 11) is 1.26. The molecular formula is C18H23NO4. The van der Waals surface area contributed by atoms with Gasteiger partial charge in [0.25, 0.3) is 5.91 Å². The minimum atomic E-state index is -0.597. The molecule has 0 saturated carbocycles. The van der Waals surface area contributed by atoms with Gasteiger partial charge in [0.1, 0.15) is 5.75 Å². The lowest BCUT2D eigenvalue weighted by molar-refractivity contribution is 0.0602. The van der Waals surface area contributed by atoms with Crippen molar-refractivity contribution in [3.63, 3.8) is 0 Å². The van der Waals surface area contributed by atoms with E-state index < -0.39 is 5.97 Å². The number of carbonyl (C=O) groups is 2. The Hall–Kier alpha value is -2.56. The van der Waals surface area contributed by atoms with Gasteiger partial charge in [0.2, 0.25) is 0 Å². The first-order valence-electron chi connectivity index (χ1n) is 7.59. The van der Waals surface area contributed by atoms with E-state index in [9.17, 15) is 14.7 Å². The maximum atomic E-state index is 12.3. The van der Waals surface area contributed by atoms with Gasteiger partial charge in [-0.1, -0.05) is 26.0 Å². The maximum Gasteiger partial charge on any atom is 0.338 e. The topological polar surface area (TPSA) is 75.6 Å². The number of aromatic hydroxyl groups is 1. The van der Waals surface area contributed by atoms with E-state index in [1.807, 2.05) is 27.7 Å². The largest absolute Gasteiger partial charge is 0.508 e. The lowest BCUT2D eigenvalue weighted by Gasteiger charge is -2.13. The summed E-state index contributed by atoms with van der Waals surface area (Å²) in [4.78, 5) is 24.2. The molecule has 5 nitrogen and oxygen atoms in total. The zero-order valence-electron chi connectivity index (χ0n) is 14.1. The fourth-order valence-corrected chi connectivity index (χ4v) is 2.21. The first-order valence-corrected chi connectivity index (χ1v) is 7.59. The van der Waals surface area contributed by atoms with Gasteiger partial charge >= 0.3 is 5.97 Å². The number of hydrogen-bond acceptors (Lipinski definition) is 4. The first-order chi connectivity index (χ1) is 10.9. The fourth-order valence-electron chi connectivity index (χ4n) is 2.21. The first kappa shape index (κ1) is 18.5. The third-order valence-corrected chi connectivity index (χ3v) is 3.03. The molecule has 2 N–H and O–H groups in total. The van der Waals surface area contributed by atoms with Crippen LogP contribution in [0.3, 0.4) is 0 Å². The molecular weight excluding hydrogens is 294 g/mol. The molecule has 0 bridgehead atoms. The number of ether oxygens (including phenoxy) is 1. The molecule has 2 rings (SSSR count). The van der Waals surface area contributed by atoms with Gasteiger partial charge in [-0.3, -0.25) is 4.79 Å². The second-order valence-corrected chi connectivity index (χ2v) is 5.02. The monoisotopic (exact) mass is 317 g/mol. The highest BCUT2D eigenvalue weighted by atomic mass is 16.5. The number of phenols is 1. The predicted molar refractivity (Wildman–Crippen MR) is 90.9 cm³/mol. The van der Waals surface area contributed by atoms with Crippen molar-refractivity contribution in [3.8, 4) is 5.75 Å². The molecule has 0 radical (unpaired) electrons. The van der Waals surface area contributed by atoms with Crippen LogP contribution in [0.25, 0.3) is 10.8 Å². The quantitative estimate of drug-likeness (QED) is 0.850. The summed E-state index contributed by atoms with van der Waals surface area (Å²) in [5.74, 6) is -0.920. The van der Waals surface area contributed by atoms with Crippen LogP contribution in [0, 0.1) is 0 Å². The zero-order valence-corrected chi connectivity index (χ0v) is 14.1. The minimum Gasteiger partial charge on any atom is -0.508 e. The molecule has 0 unspecified atom stereocenters. The van der Waals surface area contributed by atoms with Crippen LogP contribution in [0.5, 0.6) is 5.75 Å². The van der Waals surface area contributed by atoms with Crippen LogP contribution < -0.4 is 5.32 Å². The van der Waals surface area contributed by atoms with Crippen molar-refractivity contribution in [2.75, 3.05) is 7.11 Å². The second-order valence-electron chi connectivity index (χ2n) is 5.02. The smallest absolute Gasteiger partial charge is 0.338 e. The van der Waals surface area contributed by atoms with Gasteiger partial charge in [-0.25, -0.2) is 4.79 Å². The number of amides is 1. The van der Waals surface area contributed by atoms with Gasteiger partial charge in [0.05, 0.1) is 12.7 Å². The van der Waals surface area contributed by atoms with Crippen LogP contribution >= 0.6 is 0 Å². The van der Waals surface area contributed by atoms with Gasteiger partial charge in [0, 0.05) is 17.0 Å². The molecule has 0 aromatic heterocycles. The number of benzene rings is 2. The van der Waals surface area contributed by atoms with Crippen molar-refractivity contribution in [2.24, 2.45) is 0 Å². The molecule has 5 heteroatoms. The van der Waals surface area contributed by atoms with Crippen LogP contribution in [-0.2, 0) is 4.74 Å². The molecule has 0 aliphatic heterocycles. The number of hydrogen-bond donors (Lipinski definition) is 2. The van der Waals surface area contributed by atoms with Gasteiger partial charge in [-0.2, -0.15) is 0 Å². The van der Waals surface area contributed by atoms with E-state index in [1.165, 1.54) is 19.2 Å². The van der Waals surface area contributed by atoms with Crippen molar-refractivity contribution in [1.29, 1.82) is 0 Å².